The summed E-state index contributed by atoms with van der Waals surface area (Å²) in [5.41, 5.74) is 3.18. The van der Waals surface area contributed by atoms with E-state index in [9.17, 15) is 14.0 Å². The minimum Gasteiger partial charge on any atom is -0.465 e. The molecule has 0 bridgehead atoms. The number of hydrogen-bond acceptors (Lipinski definition) is 3. The smallest absolute Gasteiger partial charge is 0.407 e. The predicted molar refractivity (Wildman–Crippen MR) is 167 cm³/mol. The zero-order valence-electron chi connectivity index (χ0n) is 25.2. The molecule has 2 heterocycles. The van der Waals surface area contributed by atoms with E-state index >= 15 is 0 Å². The number of amides is 2. The fourth-order valence-corrected chi connectivity index (χ4v) is 6.72. The van der Waals surface area contributed by atoms with Crippen molar-refractivity contribution >= 4 is 12.0 Å². The van der Waals surface area contributed by atoms with Crippen molar-refractivity contribution in [2.75, 3.05) is 39.8 Å². The second-order valence-corrected chi connectivity index (χ2v) is 12.4. The van der Waals surface area contributed by atoms with Crippen molar-refractivity contribution in [3.8, 4) is 0 Å². The maximum absolute atomic E-state index is 13.8. The average Bonchev–Trinajstić information content (AvgIpc) is 3.83. The van der Waals surface area contributed by atoms with Crippen LogP contribution in [0.4, 0.5) is 9.18 Å². The largest absolute Gasteiger partial charge is 0.465 e. The predicted octanol–water partition coefficient (Wildman–Crippen LogP) is 6.77. The Morgan fingerprint density at radius 1 is 0.860 bits per heavy atom. The van der Waals surface area contributed by atoms with Gasteiger partial charge in [-0.2, -0.15) is 0 Å². The van der Waals surface area contributed by atoms with Crippen LogP contribution in [0.3, 0.4) is 0 Å². The summed E-state index contributed by atoms with van der Waals surface area (Å²) in [6, 6.07) is 27.4. The Hall–Kier alpha value is -3.71. The summed E-state index contributed by atoms with van der Waals surface area (Å²) in [6.45, 7) is 5.41. The first-order valence-electron chi connectivity index (χ1n) is 15.7. The molecule has 2 atom stereocenters. The van der Waals surface area contributed by atoms with Crippen LogP contribution < -0.4 is 0 Å². The summed E-state index contributed by atoms with van der Waals surface area (Å²) < 4.78 is 12.5. The number of halogens is 1. The first-order chi connectivity index (χ1) is 20.9. The Balaban J connectivity index is 0.000000239. The summed E-state index contributed by atoms with van der Waals surface area (Å²) in [6.07, 6.45) is 5.81. The molecule has 3 fully saturated rings. The van der Waals surface area contributed by atoms with E-state index in [4.69, 9.17) is 5.11 Å². The van der Waals surface area contributed by atoms with Gasteiger partial charge in [-0.1, -0.05) is 72.8 Å². The molecule has 0 aromatic heterocycles. The Morgan fingerprint density at radius 2 is 1.47 bits per heavy atom. The zero-order valence-corrected chi connectivity index (χ0v) is 25.2. The second-order valence-electron chi connectivity index (χ2n) is 12.4. The molecule has 6 rings (SSSR count). The highest BCUT2D eigenvalue weighted by Crippen LogP contribution is 2.48. The highest BCUT2D eigenvalue weighted by Gasteiger charge is 2.46. The maximum atomic E-state index is 13.8. The van der Waals surface area contributed by atoms with E-state index in [2.05, 4.69) is 70.5 Å². The maximum Gasteiger partial charge on any atom is 0.407 e. The summed E-state index contributed by atoms with van der Waals surface area (Å²) in [5, 5.41) is 8.55. The lowest BCUT2D eigenvalue weighted by Gasteiger charge is -2.44. The lowest BCUT2D eigenvalue weighted by atomic mass is 9.71. The number of nitrogens with zero attached hydrogens (tertiary/aromatic N) is 3. The van der Waals surface area contributed by atoms with Crippen LogP contribution in [0.15, 0.2) is 84.9 Å². The van der Waals surface area contributed by atoms with Crippen LogP contribution in [0.25, 0.3) is 0 Å². The van der Waals surface area contributed by atoms with Gasteiger partial charge in [0.2, 0.25) is 5.91 Å². The van der Waals surface area contributed by atoms with Gasteiger partial charge in [-0.15, -0.1) is 0 Å². The van der Waals surface area contributed by atoms with Gasteiger partial charge in [0.05, 0.1) is 5.41 Å². The van der Waals surface area contributed by atoms with E-state index in [-0.39, 0.29) is 17.8 Å². The van der Waals surface area contributed by atoms with Crippen molar-refractivity contribution in [1.82, 2.24) is 14.7 Å². The van der Waals surface area contributed by atoms with Crippen LogP contribution in [-0.4, -0.2) is 71.6 Å². The third-order valence-corrected chi connectivity index (χ3v) is 9.39. The Kier molecular flexibility index (Phi) is 10.1. The molecule has 0 radical (unpaired) electrons. The van der Waals surface area contributed by atoms with Crippen molar-refractivity contribution in [3.63, 3.8) is 0 Å². The first-order valence-corrected chi connectivity index (χ1v) is 15.7. The molecule has 43 heavy (non-hydrogen) atoms. The number of benzene rings is 3. The van der Waals surface area contributed by atoms with Crippen molar-refractivity contribution in [3.05, 3.63) is 107 Å². The van der Waals surface area contributed by atoms with Gasteiger partial charge in [-0.25, -0.2) is 9.18 Å². The Morgan fingerprint density at radius 3 is 2.07 bits per heavy atom. The van der Waals surface area contributed by atoms with Gasteiger partial charge >= 0.3 is 6.09 Å². The molecule has 3 aromatic carbocycles. The van der Waals surface area contributed by atoms with Crippen LogP contribution in [0.1, 0.15) is 61.1 Å². The lowest BCUT2D eigenvalue weighted by molar-refractivity contribution is -0.140. The molecule has 228 valence electrons. The number of carbonyl (C=O) groups excluding carboxylic acids is 1. The standard InChI is InChI=1S/C27H34N2O.C9H10FNO2/c30-26(29-16-8-3-9-17-29)27(24-12-6-2-7-13-24)14-18-28(19-15-27)21-23-20-25(23)22-10-4-1-5-11-22;1-11(9(12)13)6-7-2-4-8(10)5-3-7/h1-2,4-7,10-13,23,25H,3,8-9,14-21H2;2-5H,6H2,1H3,(H,12,13)/t23-,25+;/m0./s1. The highest BCUT2D eigenvalue weighted by atomic mass is 19.1. The number of carbonyl (C=O) groups is 2. The van der Waals surface area contributed by atoms with Crippen molar-refractivity contribution in [2.24, 2.45) is 5.92 Å². The number of likely N-dealkylation sites (tertiary alicyclic amines) is 2. The van der Waals surface area contributed by atoms with Gasteiger partial charge in [-0.3, -0.25) is 4.79 Å². The minimum atomic E-state index is -0.996. The molecule has 7 heteroatoms. The van der Waals surface area contributed by atoms with E-state index < -0.39 is 6.09 Å². The SMILES string of the molecule is CN(Cc1ccc(F)cc1)C(=O)O.O=C(N1CCCCC1)C1(c2ccccc2)CCN(C[C@@H]2C[C@@H]2c2ccccc2)CC1. The van der Waals surface area contributed by atoms with Crippen LogP contribution in [-0.2, 0) is 16.8 Å². The summed E-state index contributed by atoms with van der Waals surface area (Å²) in [4.78, 5) is 30.1. The van der Waals surface area contributed by atoms with Crippen LogP contribution in [0.2, 0.25) is 0 Å². The van der Waals surface area contributed by atoms with Gasteiger partial charge < -0.3 is 19.8 Å². The van der Waals surface area contributed by atoms with Gasteiger partial charge in [-0.05, 0) is 92.3 Å². The molecule has 1 saturated carbocycles. The fourth-order valence-electron chi connectivity index (χ4n) is 6.72. The van der Waals surface area contributed by atoms with E-state index in [1.54, 1.807) is 12.1 Å². The van der Waals surface area contributed by atoms with E-state index in [1.807, 2.05) is 0 Å². The lowest BCUT2D eigenvalue weighted by Crippen LogP contribution is -2.54. The van der Waals surface area contributed by atoms with Crippen molar-refractivity contribution in [1.29, 1.82) is 0 Å². The van der Waals surface area contributed by atoms with Crippen molar-refractivity contribution in [2.45, 2.75) is 56.4 Å². The Labute approximate surface area is 255 Å². The molecule has 3 aromatic rings. The zero-order chi connectivity index (χ0) is 30.2. The number of rotatable bonds is 7. The van der Waals surface area contributed by atoms with Gasteiger partial charge in [0.15, 0.2) is 0 Å². The summed E-state index contributed by atoms with van der Waals surface area (Å²) in [7, 11) is 1.46. The monoisotopic (exact) mass is 585 g/mol. The molecule has 1 N–H and O–H groups in total. The van der Waals surface area contributed by atoms with E-state index in [1.165, 1.54) is 49.7 Å². The minimum absolute atomic E-state index is 0.273. The third kappa shape index (κ3) is 7.82. The molecule has 3 aliphatic rings. The van der Waals surface area contributed by atoms with Gasteiger partial charge in [0.25, 0.3) is 0 Å². The van der Waals surface area contributed by atoms with Gasteiger partial charge in [0.1, 0.15) is 5.82 Å². The van der Waals surface area contributed by atoms with E-state index in [0.29, 0.717) is 5.91 Å². The quantitative estimate of drug-likeness (QED) is 0.332. The average molecular weight is 586 g/mol. The van der Waals surface area contributed by atoms with Crippen LogP contribution in [0.5, 0.6) is 0 Å². The van der Waals surface area contributed by atoms with Gasteiger partial charge in [0, 0.05) is 33.2 Å². The van der Waals surface area contributed by atoms with Crippen LogP contribution >= 0.6 is 0 Å². The molecule has 2 saturated heterocycles. The normalized spacial score (nSPS) is 21.3. The second kappa shape index (κ2) is 14.2. The van der Waals surface area contributed by atoms with Crippen molar-refractivity contribution < 1.29 is 19.1 Å². The highest BCUT2D eigenvalue weighted by molar-refractivity contribution is 5.88. The first kappa shape index (κ1) is 30.7. The number of piperidine rings is 2. The van der Waals surface area contributed by atoms with E-state index in [0.717, 1.165) is 74.2 Å². The fraction of sp³-hybridized carbons (Fsp3) is 0.444. The molecule has 2 amide bonds. The molecule has 0 spiro atoms. The summed E-state index contributed by atoms with van der Waals surface area (Å²) >= 11 is 0. The summed E-state index contributed by atoms with van der Waals surface area (Å²) in [5.74, 6) is 1.60. The third-order valence-electron chi connectivity index (χ3n) is 9.39. The molecule has 1 aliphatic carbocycles. The topological polar surface area (TPSA) is 64.1 Å². The Bertz CT molecular complexity index is 1320. The number of hydrogen-bond donors (Lipinski definition) is 1. The number of carboxylic acid groups (broad SMARTS) is 1. The molecular weight excluding hydrogens is 541 g/mol. The molecule has 6 nitrogen and oxygen atoms in total. The molecule has 0 unspecified atom stereocenters. The van der Waals surface area contributed by atoms with Crippen LogP contribution in [0, 0.1) is 11.7 Å². The molecular formula is C36H44FN3O3. The molecule has 2 aliphatic heterocycles.